The van der Waals surface area contributed by atoms with E-state index in [1.54, 1.807) is 24.3 Å². The highest BCUT2D eigenvalue weighted by atomic mass is 32.2. The van der Waals surface area contributed by atoms with Gasteiger partial charge < -0.3 is 15.2 Å². The molecule has 2 N–H and O–H groups in total. The first kappa shape index (κ1) is 13.5. The highest BCUT2D eigenvalue weighted by molar-refractivity contribution is 8.18. The summed E-state index contributed by atoms with van der Waals surface area (Å²) in [4.78, 5) is 35.6. The van der Waals surface area contributed by atoms with Crippen LogP contribution in [0.25, 0.3) is 6.08 Å². The maximum Gasteiger partial charge on any atom is 0.294 e. The molecule has 8 heteroatoms. The second kappa shape index (κ2) is 5.13. The number of nitrogens with zero attached hydrogens (tertiary/aromatic N) is 1. The normalized spacial score (nSPS) is 18.7. The van der Waals surface area contributed by atoms with Gasteiger partial charge in [0.25, 0.3) is 11.1 Å². The number of hydrogen-bond donors (Lipinski definition) is 1. The number of carbonyl (C=O) groups is 3. The van der Waals surface area contributed by atoms with E-state index < -0.39 is 23.6 Å². The van der Waals surface area contributed by atoms with Gasteiger partial charge in [-0.2, -0.15) is 0 Å². The first-order valence-corrected chi connectivity index (χ1v) is 6.79. The van der Waals surface area contributed by atoms with Gasteiger partial charge >= 0.3 is 0 Å². The van der Waals surface area contributed by atoms with E-state index in [0.717, 1.165) is 16.7 Å². The van der Waals surface area contributed by atoms with Gasteiger partial charge in [-0.3, -0.25) is 19.3 Å². The first-order chi connectivity index (χ1) is 10.0. The number of thioether (sulfide) groups is 1. The van der Waals surface area contributed by atoms with Gasteiger partial charge in [-0.1, -0.05) is 6.07 Å². The molecule has 1 saturated heterocycles. The Morgan fingerprint density at radius 2 is 2.10 bits per heavy atom. The van der Waals surface area contributed by atoms with Gasteiger partial charge in [0, 0.05) is 0 Å². The lowest BCUT2D eigenvalue weighted by atomic mass is 10.2. The molecule has 3 amide bonds. The third kappa shape index (κ3) is 2.57. The molecular weight excluding hydrogens is 296 g/mol. The Kier molecular flexibility index (Phi) is 3.30. The fourth-order valence-corrected chi connectivity index (χ4v) is 2.78. The van der Waals surface area contributed by atoms with Crippen LogP contribution >= 0.6 is 11.8 Å². The van der Waals surface area contributed by atoms with Crippen molar-refractivity contribution in [1.82, 2.24) is 4.90 Å². The second-order valence-electron chi connectivity index (χ2n) is 4.35. The number of hydrogen-bond acceptors (Lipinski definition) is 6. The molecule has 0 bridgehead atoms. The van der Waals surface area contributed by atoms with Crippen LogP contribution in [-0.4, -0.2) is 35.3 Å². The lowest BCUT2D eigenvalue weighted by molar-refractivity contribution is -0.127. The summed E-state index contributed by atoms with van der Waals surface area (Å²) in [5, 5.41) is -0.509. The van der Waals surface area contributed by atoms with Crippen LogP contribution < -0.4 is 15.2 Å². The standard InChI is InChI=1S/C13H10N2O5S/c14-11(16)5-15-12(17)10(21-13(15)18)4-7-1-2-8-9(3-7)20-6-19-8/h1-4H,5-6H2,(H2,14,16)/b10-4-. The van der Waals surface area contributed by atoms with Crippen LogP contribution in [0.5, 0.6) is 11.5 Å². The zero-order chi connectivity index (χ0) is 15.0. The Hall–Kier alpha value is -2.48. The minimum atomic E-state index is -0.735. The zero-order valence-electron chi connectivity index (χ0n) is 10.7. The molecule has 2 aliphatic heterocycles. The van der Waals surface area contributed by atoms with Gasteiger partial charge in [0.05, 0.1) is 4.91 Å². The number of fused-ring (bicyclic) bond motifs is 1. The highest BCUT2D eigenvalue weighted by Gasteiger charge is 2.35. The number of ether oxygens (including phenoxy) is 2. The van der Waals surface area contributed by atoms with E-state index in [4.69, 9.17) is 15.2 Å². The maximum absolute atomic E-state index is 12.0. The molecule has 21 heavy (non-hydrogen) atoms. The smallest absolute Gasteiger partial charge is 0.294 e. The molecule has 0 spiro atoms. The zero-order valence-corrected chi connectivity index (χ0v) is 11.5. The molecule has 2 aliphatic rings. The van der Waals surface area contributed by atoms with Gasteiger partial charge in [-0.25, -0.2) is 0 Å². The van der Waals surface area contributed by atoms with E-state index in [1.807, 2.05) is 0 Å². The summed E-state index contributed by atoms with van der Waals surface area (Å²) in [5.74, 6) is -0.0443. The predicted molar refractivity (Wildman–Crippen MR) is 74.4 cm³/mol. The third-order valence-corrected chi connectivity index (χ3v) is 3.79. The van der Waals surface area contributed by atoms with Crippen molar-refractivity contribution < 1.29 is 23.9 Å². The lowest BCUT2D eigenvalue weighted by Crippen LogP contribution is -2.36. The number of benzene rings is 1. The van der Waals surface area contributed by atoms with Crippen LogP contribution in [0.15, 0.2) is 23.1 Å². The summed E-state index contributed by atoms with van der Waals surface area (Å²) in [7, 11) is 0. The van der Waals surface area contributed by atoms with Gasteiger partial charge in [0.1, 0.15) is 6.54 Å². The summed E-state index contributed by atoms with van der Waals surface area (Å²) in [6.07, 6.45) is 1.56. The monoisotopic (exact) mass is 306 g/mol. The molecule has 2 heterocycles. The molecule has 108 valence electrons. The van der Waals surface area contributed by atoms with Gasteiger partial charge in [0.2, 0.25) is 12.7 Å². The molecule has 0 saturated carbocycles. The molecule has 1 aromatic rings. The molecule has 0 atom stereocenters. The molecular formula is C13H10N2O5S. The Morgan fingerprint density at radius 1 is 1.33 bits per heavy atom. The Balaban J connectivity index is 1.85. The number of primary amides is 1. The van der Waals surface area contributed by atoms with Crippen molar-refractivity contribution in [3.63, 3.8) is 0 Å². The number of imide groups is 1. The van der Waals surface area contributed by atoms with E-state index in [9.17, 15) is 14.4 Å². The summed E-state index contributed by atoms with van der Waals surface area (Å²) < 4.78 is 10.4. The quantitative estimate of drug-likeness (QED) is 0.834. The van der Waals surface area contributed by atoms with Crippen molar-refractivity contribution in [2.24, 2.45) is 5.73 Å². The lowest BCUT2D eigenvalue weighted by Gasteiger charge is -2.08. The minimum absolute atomic E-state index is 0.161. The van der Waals surface area contributed by atoms with Crippen molar-refractivity contribution in [1.29, 1.82) is 0 Å². The Morgan fingerprint density at radius 3 is 2.86 bits per heavy atom. The van der Waals surface area contributed by atoms with Crippen molar-refractivity contribution in [3.05, 3.63) is 28.7 Å². The highest BCUT2D eigenvalue weighted by Crippen LogP contribution is 2.36. The molecule has 0 unspecified atom stereocenters. The van der Waals surface area contributed by atoms with Crippen LogP contribution in [0.1, 0.15) is 5.56 Å². The number of rotatable bonds is 3. The van der Waals surface area contributed by atoms with Gasteiger partial charge in [-0.15, -0.1) is 0 Å². The number of nitrogens with two attached hydrogens (primary N) is 1. The van der Waals surface area contributed by atoms with Gasteiger partial charge in [0.15, 0.2) is 11.5 Å². The molecule has 0 aromatic heterocycles. The average molecular weight is 306 g/mol. The topological polar surface area (TPSA) is 98.9 Å². The summed E-state index contributed by atoms with van der Waals surface area (Å²) >= 11 is 0.771. The van der Waals surface area contributed by atoms with Gasteiger partial charge in [-0.05, 0) is 35.5 Å². The minimum Gasteiger partial charge on any atom is -0.454 e. The van der Waals surface area contributed by atoms with Crippen molar-refractivity contribution in [2.45, 2.75) is 0 Å². The van der Waals surface area contributed by atoms with E-state index in [-0.39, 0.29) is 11.7 Å². The molecule has 3 rings (SSSR count). The molecule has 0 aliphatic carbocycles. The first-order valence-electron chi connectivity index (χ1n) is 5.98. The van der Waals surface area contributed by atoms with Crippen LogP contribution in [0.2, 0.25) is 0 Å². The van der Waals surface area contributed by atoms with Crippen LogP contribution in [0.3, 0.4) is 0 Å². The molecule has 1 fully saturated rings. The van der Waals surface area contributed by atoms with E-state index >= 15 is 0 Å². The largest absolute Gasteiger partial charge is 0.454 e. The van der Waals surface area contributed by atoms with Crippen LogP contribution in [-0.2, 0) is 9.59 Å². The Bertz CT molecular complexity index is 685. The predicted octanol–water partition coefficient (Wildman–Crippen LogP) is 0.937. The summed E-state index contributed by atoms with van der Waals surface area (Å²) in [6.45, 7) is -0.253. The maximum atomic E-state index is 12.0. The SMILES string of the molecule is NC(=O)CN1C(=O)S/C(=C\c2ccc3c(c2)OCO3)C1=O. The van der Waals surface area contributed by atoms with Crippen molar-refractivity contribution in [2.75, 3.05) is 13.3 Å². The third-order valence-electron chi connectivity index (χ3n) is 2.88. The molecule has 0 radical (unpaired) electrons. The fraction of sp³-hybridized carbons (Fsp3) is 0.154. The molecule has 7 nitrogen and oxygen atoms in total. The van der Waals surface area contributed by atoms with E-state index in [2.05, 4.69) is 0 Å². The van der Waals surface area contributed by atoms with Crippen LogP contribution in [0.4, 0.5) is 4.79 Å². The van der Waals surface area contributed by atoms with Crippen molar-refractivity contribution in [3.8, 4) is 11.5 Å². The van der Waals surface area contributed by atoms with Crippen molar-refractivity contribution >= 4 is 34.9 Å². The second-order valence-corrected chi connectivity index (χ2v) is 5.34. The number of amides is 3. The molecule has 1 aromatic carbocycles. The fourth-order valence-electron chi connectivity index (χ4n) is 1.95. The van der Waals surface area contributed by atoms with E-state index in [0.29, 0.717) is 17.1 Å². The summed E-state index contributed by atoms with van der Waals surface area (Å²) in [5.41, 5.74) is 5.71. The van der Waals surface area contributed by atoms with Crippen LogP contribution in [0, 0.1) is 0 Å². The number of carbonyl (C=O) groups excluding carboxylic acids is 3. The van der Waals surface area contributed by atoms with E-state index in [1.165, 1.54) is 0 Å². The summed E-state index contributed by atoms with van der Waals surface area (Å²) in [6, 6.07) is 5.18. The Labute approximate surface area is 123 Å². The average Bonchev–Trinajstić information content (AvgIpc) is 2.98.